The Balaban J connectivity index is 1.73. The van der Waals surface area contributed by atoms with Gasteiger partial charge in [-0.1, -0.05) is 12.1 Å². The van der Waals surface area contributed by atoms with Crippen molar-refractivity contribution in [2.24, 2.45) is 0 Å². The molecule has 0 unspecified atom stereocenters. The molecule has 0 saturated heterocycles. The van der Waals surface area contributed by atoms with Crippen LogP contribution in [0.2, 0.25) is 0 Å². The molecule has 0 fully saturated rings. The SMILES string of the molecule is Cc1cc(C)cc(OCCCOc2cccc(C#N)c2)c1. The van der Waals surface area contributed by atoms with Crippen LogP contribution in [0.1, 0.15) is 23.1 Å². The normalized spacial score (nSPS) is 9.95. The van der Waals surface area contributed by atoms with E-state index in [1.807, 2.05) is 24.3 Å². The number of rotatable bonds is 6. The van der Waals surface area contributed by atoms with Gasteiger partial charge in [0.05, 0.1) is 24.8 Å². The average Bonchev–Trinajstić information content (AvgIpc) is 2.46. The fourth-order valence-corrected chi connectivity index (χ4v) is 2.11. The first-order valence-corrected chi connectivity index (χ1v) is 7.01. The molecule has 0 aliphatic rings. The van der Waals surface area contributed by atoms with Gasteiger partial charge in [-0.3, -0.25) is 0 Å². The largest absolute Gasteiger partial charge is 0.493 e. The first-order valence-electron chi connectivity index (χ1n) is 7.01. The molecule has 21 heavy (non-hydrogen) atoms. The number of hydrogen-bond donors (Lipinski definition) is 0. The van der Waals surface area contributed by atoms with E-state index in [2.05, 4.69) is 26.0 Å². The summed E-state index contributed by atoms with van der Waals surface area (Å²) >= 11 is 0. The molecule has 0 N–H and O–H groups in total. The Bertz CT molecular complexity index is 624. The Morgan fingerprint density at radius 1 is 0.905 bits per heavy atom. The zero-order chi connectivity index (χ0) is 15.1. The fraction of sp³-hybridized carbons (Fsp3) is 0.278. The predicted octanol–water partition coefficient (Wildman–Crippen LogP) is 4.02. The summed E-state index contributed by atoms with van der Waals surface area (Å²) in [6.07, 6.45) is 0.795. The van der Waals surface area contributed by atoms with Crippen LogP contribution in [0, 0.1) is 25.2 Å². The van der Waals surface area contributed by atoms with Crippen molar-refractivity contribution in [2.45, 2.75) is 20.3 Å². The van der Waals surface area contributed by atoms with Gasteiger partial charge in [0.25, 0.3) is 0 Å². The Morgan fingerprint density at radius 3 is 2.24 bits per heavy atom. The van der Waals surface area contributed by atoms with Crippen LogP contribution in [0.25, 0.3) is 0 Å². The molecule has 0 atom stereocenters. The average molecular weight is 281 g/mol. The Labute approximate surface area is 125 Å². The van der Waals surface area contributed by atoms with Gasteiger partial charge in [0.2, 0.25) is 0 Å². The zero-order valence-electron chi connectivity index (χ0n) is 12.4. The third-order valence-corrected chi connectivity index (χ3v) is 2.98. The highest BCUT2D eigenvalue weighted by Gasteiger charge is 1.99. The fourth-order valence-electron chi connectivity index (χ4n) is 2.11. The highest BCUT2D eigenvalue weighted by atomic mass is 16.5. The summed E-state index contributed by atoms with van der Waals surface area (Å²) in [5.74, 6) is 1.62. The molecule has 2 aromatic carbocycles. The van der Waals surface area contributed by atoms with Crippen molar-refractivity contribution in [1.82, 2.24) is 0 Å². The highest BCUT2D eigenvalue weighted by molar-refractivity contribution is 5.36. The van der Waals surface area contributed by atoms with Gasteiger partial charge >= 0.3 is 0 Å². The lowest BCUT2D eigenvalue weighted by atomic mass is 10.1. The van der Waals surface area contributed by atoms with E-state index in [1.165, 1.54) is 11.1 Å². The molecule has 0 bridgehead atoms. The summed E-state index contributed by atoms with van der Waals surface area (Å²) in [5, 5.41) is 8.82. The molecule has 0 spiro atoms. The molecular formula is C18H19NO2. The summed E-state index contributed by atoms with van der Waals surface area (Å²) in [4.78, 5) is 0. The molecule has 3 nitrogen and oxygen atoms in total. The first kappa shape index (κ1) is 14.9. The summed E-state index contributed by atoms with van der Waals surface area (Å²) in [7, 11) is 0. The molecular weight excluding hydrogens is 262 g/mol. The molecule has 0 amide bonds. The van der Waals surface area contributed by atoms with Crippen molar-refractivity contribution >= 4 is 0 Å². The lowest BCUT2D eigenvalue weighted by molar-refractivity contribution is 0.247. The monoisotopic (exact) mass is 281 g/mol. The van der Waals surface area contributed by atoms with Crippen LogP contribution in [-0.4, -0.2) is 13.2 Å². The number of hydrogen-bond acceptors (Lipinski definition) is 3. The number of aryl methyl sites for hydroxylation is 2. The summed E-state index contributed by atoms with van der Waals surface area (Å²) < 4.78 is 11.3. The van der Waals surface area contributed by atoms with E-state index in [4.69, 9.17) is 14.7 Å². The van der Waals surface area contributed by atoms with Crippen LogP contribution in [0.5, 0.6) is 11.5 Å². The van der Waals surface area contributed by atoms with Gasteiger partial charge in [-0.2, -0.15) is 5.26 Å². The van der Waals surface area contributed by atoms with E-state index < -0.39 is 0 Å². The van der Waals surface area contributed by atoms with Gasteiger partial charge in [0, 0.05) is 6.42 Å². The van der Waals surface area contributed by atoms with Crippen molar-refractivity contribution in [2.75, 3.05) is 13.2 Å². The van der Waals surface area contributed by atoms with Crippen LogP contribution < -0.4 is 9.47 Å². The molecule has 0 aliphatic carbocycles. The van der Waals surface area contributed by atoms with Gasteiger partial charge in [-0.05, 0) is 55.3 Å². The maximum atomic E-state index is 8.82. The number of ether oxygens (including phenoxy) is 2. The van der Waals surface area contributed by atoms with Crippen molar-refractivity contribution in [3.05, 3.63) is 59.2 Å². The van der Waals surface area contributed by atoms with Crippen LogP contribution in [0.3, 0.4) is 0 Å². The van der Waals surface area contributed by atoms with Crippen molar-refractivity contribution in [1.29, 1.82) is 5.26 Å². The smallest absolute Gasteiger partial charge is 0.120 e. The molecule has 3 heteroatoms. The van der Waals surface area contributed by atoms with Gasteiger partial charge in [-0.25, -0.2) is 0 Å². The molecule has 2 rings (SSSR count). The van der Waals surface area contributed by atoms with Crippen LogP contribution in [-0.2, 0) is 0 Å². The highest BCUT2D eigenvalue weighted by Crippen LogP contribution is 2.16. The van der Waals surface area contributed by atoms with Gasteiger partial charge in [0.15, 0.2) is 0 Å². The third-order valence-electron chi connectivity index (χ3n) is 2.98. The van der Waals surface area contributed by atoms with Crippen molar-refractivity contribution in [3.63, 3.8) is 0 Å². The van der Waals surface area contributed by atoms with Gasteiger partial charge in [-0.15, -0.1) is 0 Å². The summed E-state index contributed by atoms with van der Waals surface area (Å²) in [6.45, 7) is 5.30. The number of nitrogens with zero attached hydrogens (tertiary/aromatic N) is 1. The Morgan fingerprint density at radius 2 is 1.57 bits per heavy atom. The number of benzene rings is 2. The van der Waals surface area contributed by atoms with Crippen molar-refractivity contribution < 1.29 is 9.47 Å². The summed E-state index contributed by atoms with van der Waals surface area (Å²) in [5.41, 5.74) is 3.02. The number of nitriles is 1. The van der Waals surface area contributed by atoms with E-state index in [0.29, 0.717) is 18.8 Å². The summed E-state index contributed by atoms with van der Waals surface area (Å²) in [6, 6.07) is 15.5. The minimum Gasteiger partial charge on any atom is -0.493 e. The Hall–Kier alpha value is -2.47. The second-order valence-corrected chi connectivity index (χ2v) is 5.01. The van der Waals surface area contributed by atoms with Crippen LogP contribution in [0.15, 0.2) is 42.5 Å². The van der Waals surface area contributed by atoms with E-state index in [0.717, 1.165) is 17.9 Å². The zero-order valence-corrected chi connectivity index (χ0v) is 12.4. The van der Waals surface area contributed by atoms with E-state index in [9.17, 15) is 0 Å². The lowest BCUT2D eigenvalue weighted by Crippen LogP contribution is -2.05. The molecule has 0 saturated carbocycles. The molecule has 0 radical (unpaired) electrons. The van der Waals surface area contributed by atoms with Crippen LogP contribution >= 0.6 is 0 Å². The minimum absolute atomic E-state index is 0.569. The van der Waals surface area contributed by atoms with Gasteiger partial charge in [0.1, 0.15) is 11.5 Å². The standard InChI is InChI=1S/C18H19NO2/c1-14-9-15(2)11-18(10-14)21-8-4-7-20-17-6-3-5-16(12-17)13-19/h3,5-6,9-12H,4,7-8H2,1-2H3. The van der Waals surface area contributed by atoms with E-state index in [1.54, 1.807) is 12.1 Å². The predicted molar refractivity (Wildman–Crippen MR) is 82.7 cm³/mol. The minimum atomic E-state index is 0.569. The molecule has 0 aliphatic heterocycles. The van der Waals surface area contributed by atoms with Crippen molar-refractivity contribution in [3.8, 4) is 17.6 Å². The molecule has 0 aromatic heterocycles. The quantitative estimate of drug-likeness (QED) is 0.751. The van der Waals surface area contributed by atoms with E-state index >= 15 is 0 Å². The topological polar surface area (TPSA) is 42.2 Å². The van der Waals surface area contributed by atoms with Gasteiger partial charge < -0.3 is 9.47 Å². The molecule has 2 aromatic rings. The van der Waals surface area contributed by atoms with E-state index in [-0.39, 0.29) is 0 Å². The maximum absolute atomic E-state index is 8.82. The third kappa shape index (κ3) is 4.85. The second-order valence-electron chi connectivity index (χ2n) is 5.01. The maximum Gasteiger partial charge on any atom is 0.120 e. The Kier molecular flexibility index (Phi) is 5.22. The first-order chi connectivity index (χ1) is 10.2. The molecule has 108 valence electrons. The lowest BCUT2D eigenvalue weighted by Gasteiger charge is -2.09. The molecule has 0 heterocycles. The second kappa shape index (κ2) is 7.35. The van der Waals surface area contributed by atoms with Crippen LogP contribution in [0.4, 0.5) is 0 Å².